The van der Waals surface area contributed by atoms with Gasteiger partial charge in [0.05, 0.1) is 6.04 Å². The monoisotopic (exact) mass is 454 g/mol. The maximum Gasteiger partial charge on any atom is 0.573 e. The smallest absolute Gasteiger partial charge is 0.405 e. The van der Waals surface area contributed by atoms with Gasteiger partial charge in [0.2, 0.25) is 11.8 Å². The first-order valence-electron chi connectivity index (χ1n) is 9.93. The zero-order valence-electron chi connectivity index (χ0n) is 16.6. The second-order valence-electron chi connectivity index (χ2n) is 7.27. The number of nitrogens with one attached hydrogen (secondary N) is 2. The Labute approximate surface area is 182 Å². The molecule has 0 spiro atoms. The number of hydrogen-bond donors (Lipinski definition) is 2. The number of imide groups is 1. The highest BCUT2D eigenvalue weighted by Crippen LogP contribution is 2.37. The number of halogens is 4. The molecule has 2 amide bonds. The number of para-hydroxylation sites is 1. The Morgan fingerprint density at radius 2 is 1.90 bits per heavy atom. The fourth-order valence-electron chi connectivity index (χ4n) is 3.46. The van der Waals surface area contributed by atoms with E-state index in [0.29, 0.717) is 18.4 Å². The van der Waals surface area contributed by atoms with E-state index in [-0.39, 0.29) is 40.6 Å². The van der Waals surface area contributed by atoms with Crippen molar-refractivity contribution >= 4 is 23.4 Å². The lowest BCUT2D eigenvalue weighted by Gasteiger charge is -2.22. The molecule has 1 saturated heterocycles. The molecule has 3 rings (SSSR count). The molecular weight excluding hydrogens is 433 g/mol. The van der Waals surface area contributed by atoms with E-state index in [1.165, 1.54) is 18.2 Å². The number of piperidine rings is 1. The van der Waals surface area contributed by atoms with Crippen LogP contribution in [0.4, 0.5) is 13.2 Å². The van der Waals surface area contributed by atoms with Gasteiger partial charge in [0.15, 0.2) is 0 Å². The van der Waals surface area contributed by atoms with Gasteiger partial charge in [-0.3, -0.25) is 14.9 Å². The fourth-order valence-corrected chi connectivity index (χ4v) is 3.76. The molecule has 1 heterocycles. The van der Waals surface area contributed by atoms with E-state index in [0.717, 1.165) is 24.9 Å². The van der Waals surface area contributed by atoms with Gasteiger partial charge in [-0.15, -0.1) is 13.2 Å². The van der Waals surface area contributed by atoms with E-state index in [1.54, 1.807) is 24.3 Å². The molecule has 2 aromatic carbocycles. The third-order valence-corrected chi connectivity index (χ3v) is 5.28. The van der Waals surface area contributed by atoms with Crippen molar-refractivity contribution < 1.29 is 27.5 Å². The summed E-state index contributed by atoms with van der Waals surface area (Å²) in [6.45, 7) is 0.758. The highest BCUT2D eigenvalue weighted by molar-refractivity contribution is 6.33. The van der Waals surface area contributed by atoms with Gasteiger partial charge in [-0.25, -0.2) is 0 Å². The second-order valence-corrected chi connectivity index (χ2v) is 7.68. The first kappa shape index (κ1) is 23.1. The van der Waals surface area contributed by atoms with Crippen molar-refractivity contribution in [1.29, 1.82) is 0 Å². The Bertz CT molecular complexity index is 944. The van der Waals surface area contributed by atoms with E-state index in [1.807, 2.05) is 0 Å². The van der Waals surface area contributed by atoms with Crippen LogP contribution in [0.25, 0.3) is 11.1 Å². The minimum absolute atomic E-state index is 0.0852. The van der Waals surface area contributed by atoms with Crippen LogP contribution >= 0.6 is 11.6 Å². The van der Waals surface area contributed by atoms with Crippen LogP contribution in [0.5, 0.6) is 5.75 Å². The molecule has 0 saturated carbocycles. The van der Waals surface area contributed by atoms with Gasteiger partial charge in [-0.2, -0.15) is 0 Å². The van der Waals surface area contributed by atoms with Crippen LogP contribution in [0, 0.1) is 0 Å². The minimum atomic E-state index is -4.82. The van der Waals surface area contributed by atoms with Crippen molar-refractivity contribution in [1.82, 2.24) is 10.6 Å². The molecule has 2 aromatic rings. The zero-order chi connectivity index (χ0) is 22.4. The number of amides is 2. The summed E-state index contributed by atoms with van der Waals surface area (Å²) in [5.74, 6) is -1.06. The summed E-state index contributed by atoms with van der Waals surface area (Å²) >= 11 is 6.31. The van der Waals surface area contributed by atoms with E-state index >= 15 is 0 Å². The number of benzene rings is 2. The summed E-state index contributed by atoms with van der Waals surface area (Å²) in [6.07, 6.45) is -1.74. The topological polar surface area (TPSA) is 67.4 Å². The Hall–Kier alpha value is -2.58. The molecule has 1 unspecified atom stereocenters. The van der Waals surface area contributed by atoms with Crippen molar-refractivity contribution in [3.8, 4) is 16.9 Å². The molecule has 5 nitrogen and oxygen atoms in total. The number of carbonyl (C=O) groups is 2. The van der Waals surface area contributed by atoms with Crippen molar-refractivity contribution in [2.75, 3.05) is 6.54 Å². The average Bonchev–Trinajstić information content (AvgIpc) is 2.72. The molecule has 0 aliphatic carbocycles. The van der Waals surface area contributed by atoms with Gasteiger partial charge < -0.3 is 10.1 Å². The van der Waals surface area contributed by atoms with E-state index in [2.05, 4.69) is 15.4 Å². The number of aryl methyl sites for hydroxylation is 1. The molecule has 0 aromatic heterocycles. The van der Waals surface area contributed by atoms with Crippen molar-refractivity contribution in [2.45, 2.75) is 44.5 Å². The average molecular weight is 455 g/mol. The summed E-state index contributed by atoms with van der Waals surface area (Å²) in [5.41, 5.74) is 1.31. The summed E-state index contributed by atoms with van der Waals surface area (Å²) in [5, 5.41) is 5.72. The predicted octanol–water partition coefficient (Wildman–Crippen LogP) is 4.62. The van der Waals surface area contributed by atoms with Crippen molar-refractivity contribution in [3.63, 3.8) is 0 Å². The number of rotatable bonds is 6. The van der Waals surface area contributed by atoms with Crippen LogP contribution in [-0.4, -0.2) is 30.8 Å². The lowest BCUT2D eigenvalue weighted by Crippen LogP contribution is -2.48. The SMILES string of the molecule is O=C(CCc1ccc(-c2ccccc2OC(F)(F)F)c(Cl)c1)NC(=O)C1CCCCN1. The number of carbonyl (C=O) groups excluding carboxylic acids is 2. The van der Waals surface area contributed by atoms with Crippen LogP contribution in [0.3, 0.4) is 0 Å². The molecule has 1 atom stereocenters. The molecule has 0 bridgehead atoms. The highest BCUT2D eigenvalue weighted by atomic mass is 35.5. The van der Waals surface area contributed by atoms with Gasteiger partial charge in [0.25, 0.3) is 0 Å². The highest BCUT2D eigenvalue weighted by Gasteiger charge is 2.32. The van der Waals surface area contributed by atoms with Crippen molar-refractivity contribution in [2.24, 2.45) is 0 Å². The summed E-state index contributed by atoms with van der Waals surface area (Å²) in [6, 6.07) is 10.3. The van der Waals surface area contributed by atoms with Crippen LogP contribution in [-0.2, 0) is 16.0 Å². The van der Waals surface area contributed by atoms with Gasteiger partial charge in [0, 0.05) is 22.6 Å². The van der Waals surface area contributed by atoms with E-state index in [4.69, 9.17) is 11.6 Å². The largest absolute Gasteiger partial charge is 0.573 e. The number of alkyl halides is 3. The molecular formula is C22H22ClF3N2O3. The molecule has 1 aliphatic heterocycles. The third kappa shape index (κ3) is 6.70. The molecule has 1 fully saturated rings. The first-order valence-corrected chi connectivity index (χ1v) is 10.3. The summed E-state index contributed by atoms with van der Waals surface area (Å²) < 4.78 is 42.1. The first-order chi connectivity index (χ1) is 14.7. The van der Waals surface area contributed by atoms with Crippen LogP contribution < -0.4 is 15.4 Å². The number of hydrogen-bond acceptors (Lipinski definition) is 4. The fraction of sp³-hybridized carbons (Fsp3) is 0.364. The quantitative estimate of drug-likeness (QED) is 0.668. The summed E-state index contributed by atoms with van der Waals surface area (Å²) in [7, 11) is 0. The van der Waals surface area contributed by atoms with Crippen LogP contribution in [0.1, 0.15) is 31.2 Å². The Kier molecular flexibility index (Phi) is 7.56. The third-order valence-electron chi connectivity index (χ3n) is 4.97. The lowest BCUT2D eigenvalue weighted by atomic mass is 10.0. The van der Waals surface area contributed by atoms with Crippen LogP contribution in [0.15, 0.2) is 42.5 Å². The summed E-state index contributed by atoms with van der Waals surface area (Å²) in [4.78, 5) is 24.2. The molecule has 0 radical (unpaired) electrons. The van der Waals surface area contributed by atoms with Gasteiger partial charge in [-0.1, -0.05) is 48.4 Å². The normalized spacial score (nSPS) is 16.6. The maximum absolute atomic E-state index is 12.7. The maximum atomic E-state index is 12.7. The van der Waals surface area contributed by atoms with E-state index in [9.17, 15) is 22.8 Å². The Morgan fingerprint density at radius 3 is 2.58 bits per heavy atom. The van der Waals surface area contributed by atoms with Crippen LogP contribution in [0.2, 0.25) is 5.02 Å². The van der Waals surface area contributed by atoms with Gasteiger partial charge >= 0.3 is 6.36 Å². The molecule has 9 heteroatoms. The standard InChI is InChI=1S/C22H22ClF3N2O3/c23-17-13-14(9-11-20(29)28-21(30)18-6-3-4-12-27-18)8-10-15(17)16-5-1-2-7-19(16)31-22(24,25)26/h1-2,5,7-8,10,13,18,27H,3-4,6,9,11-12H2,(H,28,29,30). The molecule has 166 valence electrons. The number of ether oxygens (including phenoxy) is 1. The molecule has 31 heavy (non-hydrogen) atoms. The zero-order valence-corrected chi connectivity index (χ0v) is 17.4. The second kappa shape index (κ2) is 10.2. The predicted molar refractivity (Wildman–Crippen MR) is 111 cm³/mol. The van der Waals surface area contributed by atoms with Crippen molar-refractivity contribution in [3.05, 3.63) is 53.1 Å². The minimum Gasteiger partial charge on any atom is -0.405 e. The van der Waals surface area contributed by atoms with E-state index < -0.39 is 6.36 Å². The Balaban J connectivity index is 1.62. The molecule has 1 aliphatic rings. The Morgan fingerprint density at radius 1 is 1.13 bits per heavy atom. The molecule has 2 N–H and O–H groups in total. The van der Waals surface area contributed by atoms with Gasteiger partial charge in [-0.05, 0) is 43.5 Å². The van der Waals surface area contributed by atoms with Gasteiger partial charge in [0.1, 0.15) is 5.75 Å². The lowest BCUT2D eigenvalue weighted by molar-refractivity contribution is -0.274.